The van der Waals surface area contributed by atoms with Crippen molar-refractivity contribution in [2.75, 3.05) is 5.01 Å². The van der Waals surface area contributed by atoms with Crippen molar-refractivity contribution in [3.8, 4) is 5.69 Å². The molecule has 6 heteroatoms. The number of hydrazine groups is 1. The summed E-state index contributed by atoms with van der Waals surface area (Å²) in [7, 11) is 0. The first-order valence-corrected chi connectivity index (χ1v) is 8.83. The van der Waals surface area contributed by atoms with Crippen LogP contribution in [0, 0.1) is 19.7 Å². The molecule has 1 aliphatic rings. The Hall–Kier alpha value is -3.67. The molecule has 5 nitrogen and oxygen atoms in total. The standard InChI is InChI=1S/C22H18FN3O2/c1-14-12-16(15(2)25(14)20-11-7-6-10-19(20)23)13-18-21(27)24-26(22(18)28)17-8-4-3-5-9-17/h3-13H,1-2H3,(H,24,27). The zero-order valence-corrected chi connectivity index (χ0v) is 15.4. The van der Waals surface area contributed by atoms with Gasteiger partial charge in [-0.1, -0.05) is 30.3 Å². The van der Waals surface area contributed by atoms with Crippen molar-refractivity contribution in [2.24, 2.45) is 0 Å². The summed E-state index contributed by atoms with van der Waals surface area (Å²) >= 11 is 0. The molecule has 0 radical (unpaired) electrons. The highest BCUT2D eigenvalue weighted by Crippen LogP contribution is 2.26. The number of hydrogen-bond donors (Lipinski definition) is 1. The van der Waals surface area contributed by atoms with Gasteiger partial charge in [-0.3, -0.25) is 15.0 Å². The molecule has 1 fully saturated rings. The minimum Gasteiger partial charge on any atom is -0.315 e. The number of amides is 2. The molecule has 3 aromatic rings. The van der Waals surface area contributed by atoms with E-state index >= 15 is 0 Å². The van der Waals surface area contributed by atoms with E-state index in [2.05, 4.69) is 5.43 Å². The van der Waals surface area contributed by atoms with Gasteiger partial charge in [0, 0.05) is 11.4 Å². The average Bonchev–Trinajstić information content (AvgIpc) is 3.13. The fourth-order valence-electron chi connectivity index (χ4n) is 3.41. The predicted octanol–water partition coefficient (Wildman–Crippen LogP) is 3.69. The minimum atomic E-state index is -0.468. The Kier molecular flexibility index (Phi) is 4.31. The summed E-state index contributed by atoms with van der Waals surface area (Å²) in [4.78, 5) is 25.1. The van der Waals surface area contributed by atoms with Gasteiger partial charge in [0.1, 0.15) is 11.4 Å². The number of rotatable bonds is 3. The van der Waals surface area contributed by atoms with E-state index in [1.807, 2.05) is 26.0 Å². The van der Waals surface area contributed by atoms with Crippen LogP contribution in [-0.4, -0.2) is 16.4 Å². The molecule has 1 N–H and O–H groups in total. The van der Waals surface area contributed by atoms with Crippen LogP contribution < -0.4 is 10.4 Å². The maximum absolute atomic E-state index is 14.3. The number of aryl methyl sites for hydroxylation is 1. The Labute approximate surface area is 161 Å². The normalized spacial score (nSPS) is 15.4. The van der Waals surface area contributed by atoms with E-state index < -0.39 is 11.8 Å². The van der Waals surface area contributed by atoms with Crippen LogP contribution in [0.2, 0.25) is 0 Å². The first-order valence-electron chi connectivity index (χ1n) is 8.83. The highest BCUT2D eigenvalue weighted by molar-refractivity contribution is 6.31. The summed E-state index contributed by atoms with van der Waals surface area (Å²) in [6.45, 7) is 3.69. The number of anilines is 1. The molecular weight excluding hydrogens is 357 g/mol. The smallest absolute Gasteiger partial charge is 0.282 e. The molecular formula is C22H18FN3O2. The van der Waals surface area contributed by atoms with Crippen molar-refractivity contribution in [2.45, 2.75) is 13.8 Å². The summed E-state index contributed by atoms with van der Waals surface area (Å²) in [5.41, 5.74) is 5.87. The fourth-order valence-corrected chi connectivity index (χ4v) is 3.41. The van der Waals surface area contributed by atoms with Crippen molar-refractivity contribution in [3.63, 3.8) is 0 Å². The van der Waals surface area contributed by atoms with Crippen LogP contribution in [0.3, 0.4) is 0 Å². The lowest BCUT2D eigenvalue weighted by atomic mass is 10.1. The highest BCUT2D eigenvalue weighted by atomic mass is 19.1. The SMILES string of the molecule is Cc1cc(C=C2C(=O)NN(c3ccccc3)C2=O)c(C)n1-c1ccccc1F. The van der Waals surface area contributed by atoms with Crippen LogP contribution in [0.4, 0.5) is 10.1 Å². The van der Waals surface area contributed by atoms with Crippen molar-refractivity contribution < 1.29 is 14.0 Å². The second-order valence-corrected chi connectivity index (χ2v) is 6.59. The number of carbonyl (C=O) groups is 2. The molecule has 0 atom stereocenters. The van der Waals surface area contributed by atoms with Gasteiger partial charge < -0.3 is 4.57 Å². The van der Waals surface area contributed by atoms with Crippen LogP contribution in [0.15, 0.2) is 66.2 Å². The Balaban J connectivity index is 1.74. The first-order chi connectivity index (χ1) is 13.5. The summed E-state index contributed by atoms with van der Waals surface area (Å²) in [5, 5.41) is 1.23. The molecule has 0 bridgehead atoms. The number of hydrogen-bond acceptors (Lipinski definition) is 2. The molecule has 0 spiro atoms. The molecule has 1 aromatic heterocycles. The second-order valence-electron chi connectivity index (χ2n) is 6.59. The van der Waals surface area contributed by atoms with E-state index in [1.165, 1.54) is 11.1 Å². The molecule has 0 unspecified atom stereocenters. The number of nitrogens with zero attached hydrogens (tertiary/aromatic N) is 2. The van der Waals surface area contributed by atoms with Gasteiger partial charge in [-0.2, -0.15) is 0 Å². The number of nitrogens with one attached hydrogen (secondary N) is 1. The summed E-state index contributed by atoms with van der Waals surface area (Å²) in [6.07, 6.45) is 1.56. The van der Waals surface area contributed by atoms with Gasteiger partial charge in [-0.15, -0.1) is 0 Å². The number of para-hydroxylation sites is 2. The van der Waals surface area contributed by atoms with Crippen molar-refractivity contribution in [1.29, 1.82) is 0 Å². The molecule has 1 aliphatic heterocycles. The van der Waals surface area contributed by atoms with Gasteiger partial charge >= 0.3 is 0 Å². The third-order valence-corrected chi connectivity index (χ3v) is 4.77. The summed E-state index contributed by atoms with van der Waals surface area (Å²) in [6, 6.07) is 17.2. The van der Waals surface area contributed by atoms with Crippen LogP contribution in [-0.2, 0) is 9.59 Å². The van der Waals surface area contributed by atoms with E-state index in [0.717, 1.165) is 11.4 Å². The van der Waals surface area contributed by atoms with Crippen LogP contribution >= 0.6 is 0 Å². The first kappa shape index (κ1) is 17.7. The summed E-state index contributed by atoms with van der Waals surface area (Å²) < 4.78 is 16.0. The molecule has 0 aliphatic carbocycles. The lowest BCUT2D eigenvalue weighted by Gasteiger charge is -2.13. The van der Waals surface area contributed by atoms with Gasteiger partial charge in [0.25, 0.3) is 11.8 Å². The highest BCUT2D eigenvalue weighted by Gasteiger charge is 2.34. The van der Waals surface area contributed by atoms with Crippen LogP contribution in [0.25, 0.3) is 11.8 Å². The monoisotopic (exact) mass is 375 g/mol. The zero-order chi connectivity index (χ0) is 19.8. The minimum absolute atomic E-state index is 0.0395. The molecule has 0 saturated carbocycles. The quantitative estimate of drug-likeness (QED) is 0.561. The topological polar surface area (TPSA) is 54.3 Å². The molecule has 2 heterocycles. The van der Waals surface area contributed by atoms with E-state index in [1.54, 1.807) is 53.1 Å². The lowest BCUT2D eigenvalue weighted by Crippen LogP contribution is -2.35. The Bertz CT molecular complexity index is 1120. The Morgan fingerprint density at radius 1 is 0.964 bits per heavy atom. The van der Waals surface area contributed by atoms with E-state index in [0.29, 0.717) is 16.9 Å². The molecule has 4 rings (SSSR count). The largest absolute Gasteiger partial charge is 0.315 e. The van der Waals surface area contributed by atoms with Gasteiger partial charge in [-0.05, 0) is 55.8 Å². The maximum Gasteiger partial charge on any atom is 0.282 e. The van der Waals surface area contributed by atoms with Gasteiger partial charge in [0.15, 0.2) is 0 Å². The maximum atomic E-state index is 14.3. The van der Waals surface area contributed by atoms with Crippen molar-refractivity contribution in [1.82, 2.24) is 9.99 Å². The predicted molar refractivity (Wildman–Crippen MR) is 105 cm³/mol. The Morgan fingerprint density at radius 2 is 1.64 bits per heavy atom. The van der Waals surface area contributed by atoms with Gasteiger partial charge in [0.2, 0.25) is 0 Å². The molecule has 1 saturated heterocycles. The Morgan fingerprint density at radius 3 is 2.36 bits per heavy atom. The molecule has 140 valence electrons. The van der Waals surface area contributed by atoms with E-state index in [4.69, 9.17) is 0 Å². The third-order valence-electron chi connectivity index (χ3n) is 4.77. The fraction of sp³-hybridized carbons (Fsp3) is 0.0909. The second kappa shape index (κ2) is 6.81. The third kappa shape index (κ3) is 2.89. The van der Waals surface area contributed by atoms with Crippen LogP contribution in [0.5, 0.6) is 0 Å². The van der Waals surface area contributed by atoms with Crippen molar-refractivity contribution in [3.05, 3.63) is 89.0 Å². The van der Waals surface area contributed by atoms with Crippen molar-refractivity contribution >= 4 is 23.6 Å². The summed E-state index contributed by atoms with van der Waals surface area (Å²) in [5.74, 6) is -1.23. The van der Waals surface area contributed by atoms with Gasteiger partial charge in [-0.25, -0.2) is 9.40 Å². The van der Waals surface area contributed by atoms with Gasteiger partial charge in [0.05, 0.1) is 11.4 Å². The molecule has 2 aromatic carbocycles. The average molecular weight is 375 g/mol. The number of aromatic nitrogens is 1. The molecule has 2 amide bonds. The lowest BCUT2D eigenvalue weighted by molar-refractivity contribution is -0.117. The van der Waals surface area contributed by atoms with E-state index in [9.17, 15) is 14.0 Å². The number of halogens is 1. The molecule has 28 heavy (non-hydrogen) atoms. The number of carbonyl (C=O) groups excluding carboxylic acids is 2. The van der Waals surface area contributed by atoms with E-state index in [-0.39, 0.29) is 11.4 Å². The van der Waals surface area contributed by atoms with Crippen LogP contribution in [0.1, 0.15) is 17.0 Å². The number of benzene rings is 2. The zero-order valence-electron chi connectivity index (χ0n) is 15.4.